The number of hydrogen-bond acceptors (Lipinski definition) is 4. The van der Waals surface area contributed by atoms with Gasteiger partial charge in [0.1, 0.15) is 18.1 Å². The number of benzene rings is 2. The lowest BCUT2D eigenvalue weighted by atomic mass is 10.2. The first-order valence-corrected chi connectivity index (χ1v) is 14.0. The van der Waals surface area contributed by atoms with Crippen molar-refractivity contribution in [3.05, 3.63) is 122 Å². The number of hydrazone groups is 1. The third kappa shape index (κ3) is 5.77. The third-order valence-corrected chi connectivity index (χ3v) is 8.08. The first-order valence-electron chi connectivity index (χ1n) is 13.0. The molecule has 0 fully saturated rings. The molecule has 0 aliphatic heterocycles. The van der Waals surface area contributed by atoms with Gasteiger partial charge in [0.05, 0.1) is 6.21 Å². The molecule has 0 unspecified atom stereocenters. The highest BCUT2D eigenvalue weighted by atomic mass is 127. The fourth-order valence-corrected chi connectivity index (χ4v) is 5.13. The first kappa shape index (κ1) is 27.5. The lowest BCUT2D eigenvalue weighted by Crippen LogP contribution is -2.16. The van der Waals surface area contributed by atoms with E-state index in [4.69, 9.17) is 9.15 Å². The topological polar surface area (TPSA) is 73.7 Å². The van der Waals surface area contributed by atoms with E-state index in [9.17, 15) is 4.79 Å². The number of nitrogens with zero attached hydrogens (tertiary/aromatic N) is 3. The molecule has 0 radical (unpaired) electrons. The van der Waals surface area contributed by atoms with Crippen LogP contribution in [0, 0.1) is 38.2 Å². The van der Waals surface area contributed by atoms with E-state index in [1.807, 2.05) is 37.3 Å². The Morgan fingerprint density at radius 2 is 1.57 bits per heavy atom. The van der Waals surface area contributed by atoms with Crippen molar-refractivity contribution in [1.82, 2.24) is 14.6 Å². The molecule has 3 aromatic heterocycles. The highest BCUT2D eigenvalue weighted by Crippen LogP contribution is 2.23. The lowest BCUT2D eigenvalue weighted by Gasteiger charge is -2.11. The molecule has 8 heteroatoms. The van der Waals surface area contributed by atoms with Crippen LogP contribution in [0.3, 0.4) is 0 Å². The summed E-state index contributed by atoms with van der Waals surface area (Å²) in [6.07, 6.45) is 1.66. The molecule has 1 amide bonds. The maximum atomic E-state index is 12.6. The van der Waals surface area contributed by atoms with Gasteiger partial charge in [0, 0.05) is 43.3 Å². The van der Waals surface area contributed by atoms with Crippen LogP contribution < -0.4 is 10.2 Å². The summed E-state index contributed by atoms with van der Waals surface area (Å²) < 4.78 is 17.2. The Morgan fingerprint density at radius 1 is 0.875 bits per heavy atom. The fourth-order valence-electron chi connectivity index (χ4n) is 4.80. The molecule has 3 heterocycles. The van der Waals surface area contributed by atoms with Gasteiger partial charge < -0.3 is 18.3 Å². The molecule has 0 saturated carbocycles. The number of rotatable bonds is 8. The van der Waals surface area contributed by atoms with Crippen molar-refractivity contribution >= 4 is 34.7 Å². The highest BCUT2D eigenvalue weighted by molar-refractivity contribution is 14.1. The van der Waals surface area contributed by atoms with Gasteiger partial charge in [0.25, 0.3) is 0 Å². The van der Waals surface area contributed by atoms with Gasteiger partial charge >= 0.3 is 5.91 Å². The number of halogens is 1. The molecule has 1 N–H and O–H groups in total. The molecule has 0 aliphatic rings. The number of aryl methyl sites for hydroxylation is 4. The molecule has 7 nitrogen and oxygen atoms in total. The molecule has 0 saturated heterocycles. The zero-order chi connectivity index (χ0) is 28.4. The SMILES string of the molecule is Cc1cc(-n2c(C)cc(/C=N/NC(=O)c3ccc(COc4ccc(-n5c(C)ccc5C)cc4)o3)c2C)ccc1I. The molecule has 0 aliphatic carbocycles. The molecule has 0 bridgehead atoms. The van der Waals surface area contributed by atoms with E-state index in [1.165, 1.54) is 20.5 Å². The fraction of sp³-hybridized carbons (Fsp3) is 0.188. The Kier molecular flexibility index (Phi) is 7.97. The van der Waals surface area contributed by atoms with Crippen molar-refractivity contribution in [1.29, 1.82) is 0 Å². The standard InChI is InChI=1S/C32H31IN4O3/c1-20-16-27(10-14-30(20)33)37-23(4)17-25(24(37)5)18-34-35-32(38)31-15-13-29(40-31)19-39-28-11-8-26(9-12-28)36-21(2)6-7-22(36)3/h6-18H,19H2,1-5H3,(H,35,38)/b34-18+. The van der Waals surface area contributed by atoms with Gasteiger partial charge in [-0.05, 0) is 136 Å². The van der Waals surface area contributed by atoms with Gasteiger partial charge in [-0.15, -0.1) is 0 Å². The van der Waals surface area contributed by atoms with Gasteiger partial charge in [-0.3, -0.25) is 4.79 Å². The predicted molar refractivity (Wildman–Crippen MR) is 166 cm³/mol. The molecule has 0 spiro atoms. The minimum absolute atomic E-state index is 0.171. The Balaban J connectivity index is 1.18. The van der Waals surface area contributed by atoms with E-state index in [0.29, 0.717) is 5.76 Å². The number of ether oxygens (including phenoxy) is 1. The summed E-state index contributed by atoms with van der Waals surface area (Å²) in [5.74, 6) is 1.01. The highest BCUT2D eigenvalue weighted by Gasteiger charge is 2.13. The summed E-state index contributed by atoms with van der Waals surface area (Å²) in [5, 5.41) is 4.17. The monoisotopic (exact) mass is 646 g/mol. The number of hydrogen-bond donors (Lipinski definition) is 1. The zero-order valence-electron chi connectivity index (χ0n) is 23.2. The van der Waals surface area contributed by atoms with Crippen LogP contribution in [-0.2, 0) is 6.61 Å². The Morgan fingerprint density at radius 3 is 2.27 bits per heavy atom. The van der Waals surface area contributed by atoms with E-state index in [-0.39, 0.29) is 12.4 Å². The minimum Gasteiger partial charge on any atom is -0.486 e. The van der Waals surface area contributed by atoms with Crippen LogP contribution in [0.2, 0.25) is 0 Å². The molecule has 40 heavy (non-hydrogen) atoms. The Hall–Kier alpha value is -4.05. The van der Waals surface area contributed by atoms with Crippen LogP contribution in [0.5, 0.6) is 5.75 Å². The summed E-state index contributed by atoms with van der Waals surface area (Å²) in [6.45, 7) is 10.6. The van der Waals surface area contributed by atoms with Gasteiger partial charge in [0.2, 0.25) is 0 Å². The van der Waals surface area contributed by atoms with Crippen molar-refractivity contribution in [3.63, 3.8) is 0 Å². The molecular weight excluding hydrogens is 615 g/mol. The minimum atomic E-state index is -0.425. The van der Waals surface area contributed by atoms with E-state index in [2.05, 4.69) is 100 Å². The molecule has 2 aromatic carbocycles. The van der Waals surface area contributed by atoms with Gasteiger partial charge in [-0.1, -0.05) is 0 Å². The van der Waals surface area contributed by atoms with Crippen LogP contribution >= 0.6 is 22.6 Å². The van der Waals surface area contributed by atoms with Crippen molar-refractivity contribution < 1.29 is 13.9 Å². The number of furan rings is 1. The zero-order valence-corrected chi connectivity index (χ0v) is 25.3. The smallest absolute Gasteiger partial charge is 0.307 e. The van der Waals surface area contributed by atoms with Crippen molar-refractivity contribution in [2.24, 2.45) is 5.10 Å². The Bertz CT molecular complexity index is 1690. The summed E-state index contributed by atoms with van der Waals surface area (Å²) in [7, 11) is 0. The van der Waals surface area contributed by atoms with Crippen molar-refractivity contribution in [3.8, 4) is 17.1 Å². The number of nitrogens with one attached hydrogen (secondary N) is 1. The normalized spacial score (nSPS) is 11.3. The molecular formula is C32H31IN4O3. The number of carbonyl (C=O) groups is 1. The quantitative estimate of drug-likeness (QED) is 0.109. The molecule has 204 valence electrons. The molecule has 5 aromatic rings. The van der Waals surface area contributed by atoms with Crippen LogP contribution in [0.15, 0.2) is 82.3 Å². The van der Waals surface area contributed by atoms with E-state index in [0.717, 1.165) is 34.1 Å². The third-order valence-electron chi connectivity index (χ3n) is 6.87. The number of amides is 1. The van der Waals surface area contributed by atoms with Crippen LogP contribution in [0.25, 0.3) is 11.4 Å². The average Bonchev–Trinajstić information content (AvgIpc) is 3.62. The maximum absolute atomic E-state index is 12.6. The van der Waals surface area contributed by atoms with Crippen LogP contribution in [0.4, 0.5) is 0 Å². The summed E-state index contributed by atoms with van der Waals surface area (Å²) in [6, 6.07) is 23.9. The van der Waals surface area contributed by atoms with E-state index >= 15 is 0 Å². The van der Waals surface area contributed by atoms with Gasteiger partial charge in [0.15, 0.2) is 5.76 Å². The summed E-state index contributed by atoms with van der Waals surface area (Å²) >= 11 is 2.34. The maximum Gasteiger partial charge on any atom is 0.307 e. The van der Waals surface area contributed by atoms with E-state index < -0.39 is 5.91 Å². The molecule has 5 rings (SSSR count). The van der Waals surface area contributed by atoms with Gasteiger partial charge in [-0.25, -0.2) is 5.43 Å². The first-order chi connectivity index (χ1) is 19.2. The van der Waals surface area contributed by atoms with Gasteiger partial charge in [-0.2, -0.15) is 5.10 Å². The average molecular weight is 647 g/mol. The summed E-state index contributed by atoms with van der Waals surface area (Å²) in [5.41, 5.74) is 11.4. The molecule has 0 atom stereocenters. The largest absolute Gasteiger partial charge is 0.486 e. The van der Waals surface area contributed by atoms with Crippen molar-refractivity contribution in [2.75, 3.05) is 0 Å². The van der Waals surface area contributed by atoms with Crippen LogP contribution in [-0.4, -0.2) is 21.3 Å². The van der Waals surface area contributed by atoms with Crippen LogP contribution in [0.1, 0.15) is 50.2 Å². The summed E-state index contributed by atoms with van der Waals surface area (Å²) in [4.78, 5) is 12.6. The predicted octanol–water partition coefficient (Wildman–Crippen LogP) is 7.35. The van der Waals surface area contributed by atoms with Crippen molar-refractivity contribution in [2.45, 2.75) is 41.2 Å². The second-order valence-corrected chi connectivity index (χ2v) is 11.0. The number of carbonyl (C=O) groups excluding carboxylic acids is 1. The second-order valence-electron chi connectivity index (χ2n) is 9.79. The van der Waals surface area contributed by atoms with E-state index in [1.54, 1.807) is 18.3 Å². The Labute approximate surface area is 247 Å². The lowest BCUT2D eigenvalue weighted by molar-refractivity contribution is 0.0923. The second kappa shape index (κ2) is 11.6. The number of aromatic nitrogens is 2.